The number of pyridine rings is 2. The summed E-state index contributed by atoms with van der Waals surface area (Å²) in [5, 5.41) is 3.06. The number of carbonyl (C=O) groups excluding carboxylic acids is 1. The third-order valence-electron chi connectivity index (χ3n) is 5.21. The third-order valence-corrected chi connectivity index (χ3v) is 5.21. The first kappa shape index (κ1) is 19.1. The van der Waals surface area contributed by atoms with Crippen molar-refractivity contribution in [2.75, 3.05) is 19.6 Å². The quantitative estimate of drug-likeness (QED) is 0.699. The molecule has 1 aliphatic heterocycles. The molecule has 1 aliphatic rings. The van der Waals surface area contributed by atoms with Crippen molar-refractivity contribution in [2.45, 2.75) is 25.3 Å². The molecule has 1 atom stereocenters. The van der Waals surface area contributed by atoms with Crippen LogP contribution in [-0.4, -0.2) is 50.4 Å². The highest BCUT2D eigenvalue weighted by atomic mass is 16.1. The molecule has 0 bridgehead atoms. The van der Waals surface area contributed by atoms with Crippen LogP contribution in [0.4, 0.5) is 0 Å². The van der Waals surface area contributed by atoms with Crippen LogP contribution in [0.2, 0.25) is 0 Å². The van der Waals surface area contributed by atoms with Crippen LogP contribution in [0.25, 0.3) is 11.4 Å². The molecule has 0 saturated carbocycles. The number of aromatic nitrogens is 4. The molecule has 0 unspecified atom stereocenters. The maximum absolute atomic E-state index is 12.7. The van der Waals surface area contributed by atoms with Gasteiger partial charge in [-0.3, -0.25) is 19.7 Å². The average molecular weight is 388 g/mol. The topological polar surface area (TPSA) is 83.9 Å². The zero-order valence-corrected chi connectivity index (χ0v) is 16.2. The largest absolute Gasteiger partial charge is 0.350 e. The first-order valence-electron chi connectivity index (χ1n) is 9.96. The lowest BCUT2D eigenvalue weighted by molar-refractivity contribution is 0.0923. The minimum absolute atomic E-state index is 0.116. The second-order valence-electron chi connectivity index (χ2n) is 7.14. The lowest BCUT2D eigenvalue weighted by atomic mass is 10.0. The summed E-state index contributed by atoms with van der Waals surface area (Å²) in [7, 11) is 0. The fourth-order valence-electron chi connectivity index (χ4n) is 3.65. The Hall–Kier alpha value is -3.19. The van der Waals surface area contributed by atoms with Crippen LogP contribution < -0.4 is 5.32 Å². The van der Waals surface area contributed by atoms with Crippen LogP contribution >= 0.6 is 0 Å². The molecule has 1 fully saturated rings. The predicted octanol–water partition coefficient (Wildman–Crippen LogP) is 2.89. The highest BCUT2D eigenvalue weighted by Crippen LogP contribution is 2.23. The van der Waals surface area contributed by atoms with Crippen molar-refractivity contribution < 1.29 is 4.79 Å². The van der Waals surface area contributed by atoms with Crippen molar-refractivity contribution in [1.82, 2.24) is 30.2 Å². The number of nitrogens with one attached hydrogen (secondary N) is 1. The van der Waals surface area contributed by atoms with Gasteiger partial charge >= 0.3 is 0 Å². The average Bonchev–Trinajstić information content (AvgIpc) is 2.81. The normalized spacial score (nSPS) is 15.6. The van der Waals surface area contributed by atoms with Gasteiger partial charge in [-0.1, -0.05) is 12.5 Å². The molecule has 1 saturated heterocycles. The van der Waals surface area contributed by atoms with Gasteiger partial charge in [0.25, 0.3) is 5.91 Å². The second-order valence-corrected chi connectivity index (χ2v) is 7.14. The molecule has 0 spiro atoms. The molecule has 3 aromatic heterocycles. The standard InChI is InChI=1S/C22H24N6O/c29-22(19-14-25-21(26-15-19)17-6-9-23-10-7-17)27-16-20(18-5-4-8-24-13-18)28-11-2-1-3-12-28/h4-10,13-15,20H,1-3,11-12,16H2,(H,27,29)/t20-/m1/s1. The highest BCUT2D eigenvalue weighted by molar-refractivity contribution is 5.93. The van der Waals surface area contributed by atoms with Crippen LogP contribution in [0.5, 0.6) is 0 Å². The maximum Gasteiger partial charge on any atom is 0.254 e. The molecule has 3 aromatic rings. The molecule has 0 radical (unpaired) electrons. The van der Waals surface area contributed by atoms with Crippen molar-refractivity contribution >= 4 is 5.91 Å². The van der Waals surface area contributed by atoms with E-state index in [4.69, 9.17) is 0 Å². The van der Waals surface area contributed by atoms with Crippen LogP contribution in [-0.2, 0) is 0 Å². The summed E-state index contributed by atoms with van der Waals surface area (Å²) in [6.07, 6.45) is 13.8. The fraction of sp³-hybridized carbons (Fsp3) is 0.318. The van der Waals surface area contributed by atoms with E-state index in [-0.39, 0.29) is 11.9 Å². The van der Waals surface area contributed by atoms with E-state index in [1.54, 1.807) is 31.0 Å². The molecule has 0 aromatic carbocycles. The van der Waals surface area contributed by atoms with Gasteiger partial charge < -0.3 is 5.32 Å². The highest BCUT2D eigenvalue weighted by Gasteiger charge is 2.23. The third kappa shape index (κ3) is 4.81. The van der Waals surface area contributed by atoms with Gasteiger partial charge in [-0.05, 0) is 49.7 Å². The van der Waals surface area contributed by atoms with Crippen LogP contribution in [0, 0.1) is 0 Å². The van der Waals surface area contributed by atoms with E-state index in [1.165, 1.54) is 19.3 Å². The maximum atomic E-state index is 12.7. The lowest BCUT2D eigenvalue weighted by Gasteiger charge is -2.34. The molecule has 7 nitrogen and oxygen atoms in total. The van der Waals surface area contributed by atoms with Gasteiger partial charge in [-0.15, -0.1) is 0 Å². The fourth-order valence-corrected chi connectivity index (χ4v) is 3.65. The van der Waals surface area contributed by atoms with Gasteiger partial charge in [0.2, 0.25) is 0 Å². The molecular weight excluding hydrogens is 364 g/mol. The number of hydrogen-bond donors (Lipinski definition) is 1. The summed E-state index contributed by atoms with van der Waals surface area (Å²) in [5.41, 5.74) is 2.44. The summed E-state index contributed by atoms with van der Waals surface area (Å²) in [6, 6.07) is 7.81. The number of nitrogens with zero attached hydrogens (tertiary/aromatic N) is 5. The minimum atomic E-state index is -0.169. The molecule has 1 N–H and O–H groups in total. The number of hydrogen-bond acceptors (Lipinski definition) is 6. The summed E-state index contributed by atoms with van der Waals surface area (Å²) < 4.78 is 0. The van der Waals surface area contributed by atoms with Gasteiger partial charge in [0.05, 0.1) is 11.6 Å². The van der Waals surface area contributed by atoms with Crippen molar-refractivity contribution in [3.05, 3.63) is 72.6 Å². The Morgan fingerprint density at radius 1 is 0.966 bits per heavy atom. The summed E-state index contributed by atoms with van der Waals surface area (Å²) in [6.45, 7) is 2.61. The Bertz CT molecular complexity index is 911. The Kier molecular flexibility index (Phi) is 6.16. The van der Waals surface area contributed by atoms with Crippen molar-refractivity contribution in [2.24, 2.45) is 0 Å². The molecular formula is C22H24N6O. The number of amides is 1. The van der Waals surface area contributed by atoms with Gasteiger partial charge in [0.1, 0.15) is 0 Å². The summed E-state index contributed by atoms with van der Waals surface area (Å²) >= 11 is 0. The van der Waals surface area contributed by atoms with Gasteiger partial charge in [0.15, 0.2) is 5.82 Å². The van der Waals surface area contributed by atoms with E-state index < -0.39 is 0 Å². The molecule has 29 heavy (non-hydrogen) atoms. The van der Waals surface area contributed by atoms with E-state index in [9.17, 15) is 4.79 Å². The Morgan fingerprint density at radius 3 is 2.41 bits per heavy atom. The predicted molar refractivity (Wildman–Crippen MR) is 110 cm³/mol. The van der Waals surface area contributed by atoms with Gasteiger partial charge in [-0.25, -0.2) is 9.97 Å². The monoisotopic (exact) mass is 388 g/mol. The van der Waals surface area contributed by atoms with Crippen molar-refractivity contribution in [3.63, 3.8) is 0 Å². The van der Waals surface area contributed by atoms with Crippen molar-refractivity contribution in [1.29, 1.82) is 0 Å². The van der Waals surface area contributed by atoms with Crippen molar-refractivity contribution in [3.8, 4) is 11.4 Å². The molecule has 4 heterocycles. The SMILES string of the molecule is O=C(NC[C@H](c1cccnc1)N1CCCCC1)c1cnc(-c2ccncc2)nc1. The Balaban J connectivity index is 1.43. The number of rotatable bonds is 6. The van der Waals surface area contributed by atoms with E-state index >= 15 is 0 Å². The Morgan fingerprint density at radius 2 is 1.72 bits per heavy atom. The number of carbonyl (C=O) groups is 1. The minimum Gasteiger partial charge on any atom is -0.350 e. The smallest absolute Gasteiger partial charge is 0.254 e. The first-order chi connectivity index (χ1) is 14.3. The van der Waals surface area contributed by atoms with E-state index in [0.29, 0.717) is 17.9 Å². The molecule has 148 valence electrons. The first-order valence-corrected chi connectivity index (χ1v) is 9.96. The number of likely N-dealkylation sites (tertiary alicyclic amines) is 1. The Labute approximate surface area is 170 Å². The zero-order chi connectivity index (χ0) is 19.9. The van der Waals surface area contributed by atoms with Gasteiger partial charge in [-0.2, -0.15) is 0 Å². The molecule has 7 heteroatoms. The second kappa shape index (κ2) is 9.34. The van der Waals surface area contributed by atoms with E-state index in [2.05, 4.69) is 36.2 Å². The summed E-state index contributed by atoms with van der Waals surface area (Å²) in [5.74, 6) is 0.405. The van der Waals surface area contributed by atoms with E-state index in [0.717, 1.165) is 24.2 Å². The number of piperidine rings is 1. The van der Waals surface area contributed by atoms with Crippen LogP contribution in [0.15, 0.2) is 61.4 Å². The molecule has 1 amide bonds. The van der Waals surface area contributed by atoms with Crippen LogP contribution in [0.1, 0.15) is 41.2 Å². The lowest BCUT2D eigenvalue weighted by Crippen LogP contribution is -2.40. The van der Waals surface area contributed by atoms with E-state index in [1.807, 2.05) is 24.4 Å². The summed E-state index contributed by atoms with van der Waals surface area (Å²) in [4.78, 5) is 32.0. The zero-order valence-electron chi connectivity index (χ0n) is 16.2. The van der Waals surface area contributed by atoms with Gasteiger partial charge in [0, 0.05) is 49.3 Å². The van der Waals surface area contributed by atoms with Crippen LogP contribution in [0.3, 0.4) is 0 Å². The molecule has 4 rings (SSSR count). The molecule has 0 aliphatic carbocycles.